The van der Waals surface area contributed by atoms with Crippen molar-refractivity contribution in [1.82, 2.24) is 5.32 Å². The molecule has 0 bridgehead atoms. The summed E-state index contributed by atoms with van der Waals surface area (Å²) in [6.45, 7) is 1.89. The first-order valence-electron chi connectivity index (χ1n) is 11.2. The molecule has 0 radical (unpaired) electrons. The first-order valence-corrected chi connectivity index (χ1v) is 14.0. The smallest absolute Gasteiger partial charge is 0.261 e. The van der Waals surface area contributed by atoms with Crippen LogP contribution in [0.25, 0.3) is 0 Å². The first kappa shape index (κ1) is 27.1. The molecule has 0 aliphatic rings. The van der Waals surface area contributed by atoms with E-state index in [0.717, 1.165) is 5.56 Å². The van der Waals surface area contributed by atoms with Crippen molar-refractivity contribution in [3.63, 3.8) is 0 Å². The zero-order valence-electron chi connectivity index (χ0n) is 20.3. The monoisotopic (exact) mass is 527 g/mol. The van der Waals surface area contributed by atoms with Crippen molar-refractivity contribution in [1.29, 1.82) is 0 Å². The van der Waals surface area contributed by atoms with Crippen LogP contribution in [-0.2, 0) is 14.8 Å². The molecule has 10 heteroatoms. The van der Waals surface area contributed by atoms with Crippen LogP contribution >= 0.6 is 11.8 Å². The molecule has 3 aromatic rings. The van der Waals surface area contributed by atoms with Gasteiger partial charge in [-0.25, -0.2) is 8.42 Å². The molecule has 3 aromatic carbocycles. The summed E-state index contributed by atoms with van der Waals surface area (Å²) in [5, 5.41) is 5.58. The molecular formula is C26H29N3O5S2. The average molecular weight is 528 g/mol. The van der Waals surface area contributed by atoms with Crippen molar-refractivity contribution in [2.24, 2.45) is 0 Å². The molecule has 3 N–H and O–H groups in total. The Morgan fingerprint density at radius 3 is 2.25 bits per heavy atom. The lowest BCUT2D eigenvalue weighted by Crippen LogP contribution is -2.44. The molecule has 0 fully saturated rings. The highest BCUT2D eigenvalue weighted by atomic mass is 32.2. The molecule has 1 atom stereocenters. The lowest BCUT2D eigenvalue weighted by molar-refractivity contribution is -0.118. The van der Waals surface area contributed by atoms with Gasteiger partial charge in [0, 0.05) is 16.9 Å². The Labute approximate surface area is 215 Å². The highest BCUT2D eigenvalue weighted by Crippen LogP contribution is 2.21. The fourth-order valence-electron chi connectivity index (χ4n) is 3.35. The minimum absolute atomic E-state index is 0.0444. The molecule has 0 aliphatic carbocycles. The highest BCUT2D eigenvalue weighted by Gasteiger charge is 2.22. The van der Waals surface area contributed by atoms with Crippen LogP contribution in [0.5, 0.6) is 5.75 Å². The van der Waals surface area contributed by atoms with Gasteiger partial charge in [-0.3, -0.25) is 14.3 Å². The molecule has 0 saturated carbocycles. The molecule has 36 heavy (non-hydrogen) atoms. The van der Waals surface area contributed by atoms with E-state index in [-0.39, 0.29) is 16.7 Å². The van der Waals surface area contributed by atoms with E-state index in [2.05, 4.69) is 15.4 Å². The molecule has 0 spiro atoms. The van der Waals surface area contributed by atoms with E-state index in [9.17, 15) is 18.0 Å². The SMILES string of the molecule is COc1ccc(NS(=O)(=O)c2ccc(NC(=O)C(CCSC)NC(=O)c3cccc(C)c3)cc2)cc1. The largest absolute Gasteiger partial charge is 0.497 e. The summed E-state index contributed by atoms with van der Waals surface area (Å²) >= 11 is 1.57. The third kappa shape index (κ3) is 7.50. The van der Waals surface area contributed by atoms with E-state index in [4.69, 9.17) is 4.74 Å². The van der Waals surface area contributed by atoms with Crippen LogP contribution in [0.15, 0.2) is 77.7 Å². The number of thioether (sulfide) groups is 1. The van der Waals surface area contributed by atoms with Gasteiger partial charge in [0.05, 0.1) is 12.0 Å². The minimum Gasteiger partial charge on any atom is -0.497 e. The summed E-state index contributed by atoms with van der Waals surface area (Å²) in [5.41, 5.74) is 2.25. The van der Waals surface area contributed by atoms with E-state index >= 15 is 0 Å². The van der Waals surface area contributed by atoms with Gasteiger partial charge in [-0.2, -0.15) is 11.8 Å². The van der Waals surface area contributed by atoms with E-state index in [0.29, 0.717) is 34.9 Å². The van der Waals surface area contributed by atoms with Crippen molar-refractivity contribution in [2.75, 3.05) is 29.2 Å². The van der Waals surface area contributed by atoms with Gasteiger partial charge in [-0.05, 0) is 86.0 Å². The summed E-state index contributed by atoms with van der Waals surface area (Å²) in [6, 6.07) is 18.7. The van der Waals surface area contributed by atoms with Gasteiger partial charge in [-0.1, -0.05) is 17.7 Å². The number of carbonyl (C=O) groups excluding carboxylic acids is 2. The summed E-state index contributed by atoms with van der Waals surface area (Å²) in [4.78, 5) is 25.7. The Morgan fingerprint density at radius 1 is 0.972 bits per heavy atom. The number of ether oxygens (including phenoxy) is 1. The summed E-state index contributed by atoms with van der Waals surface area (Å²) < 4.78 is 33.0. The van der Waals surface area contributed by atoms with Gasteiger partial charge in [0.15, 0.2) is 0 Å². The maximum Gasteiger partial charge on any atom is 0.261 e. The Hall–Kier alpha value is -3.50. The van der Waals surface area contributed by atoms with Crippen LogP contribution in [0.4, 0.5) is 11.4 Å². The lowest BCUT2D eigenvalue weighted by Gasteiger charge is -2.18. The number of anilines is 2. The van der Waals surface area contributed by atoms with Crippen LogP contribution in [-0.4, -0.2) is 45.4 Å². The van der Waals surface area contributed by atoms with Crippen LogP contribution in [0.3, 0.4) is 0 Å². The van der Waals surface area contributed by atoms with Crippen LogP contribution in [0, 0.1) is 6.92 Å². The van der Waals surface area contributed by atoms with Gasteiger partial charge in [0.2, 0.25) is 5.91 Å². The zero-order valence-corrected chi connectivity index (χ0v) is 21.9. The molecule has 3 rings (SSSR count). The van der Waals surface area contributed by atoms with Crippen LogP contribution in [0.2, 0.25) is 0 Å². The number of methoxy groups -OCH3 is 1. The van der Waals surface area contributed by atoms with Gasteiger partial charge in [0.25, 0.3) is 15.9 Å². The molecule has 190 valence electrons. The number of nitrogens with one attached hydrogen (secondary N) is 3. The molecule has 1 unspecified atom stereocenters. The van der Waals surface area contributed by atoms with E-state index in [1.165, 1.54) is 31.4 Å². The molecule has 0 saturated heterocycles. The summed E-state index contributed by atoms with van der Waals surface area (Å²) in [7, 11) is -2.29. The van der Waals surface area contributed by atoms with Gasteiger partial charge >= 0.3 is 0 Å². The predicted octanol–water partition coefficient (Wildman–Crippen LogP) is 4.29. The molecule has 8 nitrogen and oxygen atoms in total. The molecule has 2 amide bonds. The van der Waals surface area contributed by atoms with Crippen molar-refractivity contribution >= 4 is 45.0 Å². The topological polar surface area (TPSA) is 114 Å². The number of rotatable bonds is 11. The molecule has 0 aliphatic heterocycles. The maximum absolute atomic E-state index is 13.0. The molecule has 0 heterocycles. The standard InChI is InChI=1S/C26H29N3O5S2/c1-18-5-4-6-19(17-18)25(30)28-24(15-16-35-3)26(31)27-20-9-13-23(14-10-20)36(32,33)29-21-7-11-22(34-2)12-8-21/h4-14,17,24,29H,15-16H2,1-3H3,(H,27,31)(H,28,30). The van der Waals surface area contributed by atoms with Crippen LogP contribution in [0.1, 0.15) is 22.3 Å². The fourth-order valence-corrected chi connectivity index (χ4v) is 4.88. The number of amides is 2. The van der Waals surface area contributed by atoms with Crippen molar-refractivity contribution in [2.45, 2.75) is 24.3 Å². The number of hydrogen-bond acceptors (Lipinski definition) is 6. The second-order valence-corrected chi connectivity index (χ2v) is 10.7. The number of aryl methyl sites for hydroxylation is 1. The summed E-state index contributed by atoms with van der Waals surface area (Å²) in [5.74, 6) is 0.590. The number of benzene rings is 3. The van der Waals surface area contributed by atoms with E-state index in [1.807, 2.05) is 19.2 Å². The van der Waals surface area contributed by atoms with Crippen molar-refractivity contribution < 1.29 is 22.7 Å². The van der Waals surface area contributed by atoms with Gasteiger partial charge < -0.3 is 15.4 Å². The number of sulfonamides is 1. The third-order valence-electron chi connectivity index (χ3n) is 5.29. The van der Waals surface area contributed by atoms with E-state index < -0.39 is 16.1 Å². The fraction of sp³-hybridized carbons (Fsp3) is 0.231. The zero-order chi connectivity index (χ0) is 26.1. The second-order valence-electron chi connectivity index (χ2n) is 8.02. The molecule has 0 aromatic heterocycles. The summed E-state index contributed by atoms with van der Waals surface area (Å²) in [6.07, 6.45) is 2.37. The Kier molecular flexibility index (Phi) is 9.38. The quantitative estimate of drug-likeness (QED) is 0.343. The lowest BCUT2D eigenvalue weighted by atomic mass is 10.1. The highest BCUT2D eigenvalue weighted by molar-refractivity contribution is 7.98. The van der Waals surface area contributed by atoms with Crippen molar-refractivity contribution in [3.8, 4) is 5.75 Å². The van der Waals surface area contributed by atoms with Gasteiger partial charge in [-0.15, -0.1) is 0 Å². The predicted molar refractivity (Wildman–Crippen MR) is 144 cm³/mol. The van der Waals surface area contributed by atoms with E-state index in [1.54, 1.807) is 54.2 Å². The molecular weight excluding hydrogens is 498 g/mol. The number of hydrogen-bond donors (Lipinski definition) is 3. The maximum atomic E-state index is 13.0. The Balaban J connectivity index is 1.67. The Bertz CT molecular complexity index is 1290. The van der Waals surface area contributed by atoms with Gasteiger partial charge in [0.1, 0.15) is 11.8 Å². The first-order chi connectivity index (χ1) is 17.2. The second kappa shape index (κ2) is 12.5. The van der Waals surface area contributed by atoms with Crippen LogP contribution < -0.4 is 20.1 Å². The minimum atomic E-state index is -3.82. The Morgan fingerprint density at radius 2 is 1.64 bits per heavy atom. The number of carbonyl (C=O) groups is 2. The average Bonchev–Trinajstić information content (AvgIpc) is 2.87. The van der Waals surface area contributed by atoms with Crippen molar-refractivity contribution in [3.05, 3.63) is 83.9 Å². The normalized spacial score (nSPS) is 11.9. The third-order valence-corrected chi connectivity index (χ3v) is 7.33.